The molecular weight excluding hydrogens is 382 g/mol. The molecule has 2 aromatic carbocycles. The van der Waals surface area contributed by atoms with E-state index in [0.717, 1.165) is 11.1 Å². The van der Waals surface area contributed by atoms with Crippen molar-refractivity contribution >= 4 is 17.7 Å². The van der Waals surface area contributed by atoms with Gasteiger partial charge in [0.1, 0.15) is 17.1 Å². The zero-order chi connectivity index (χ0) is 21.5. The lowest BCUT2D eigenvalue weighted by Gasteiger charge is -2.44. The molecular formula is C24H25NO5. The van der Waals surface area contributed by atoms with Crippen molar-refractivity contribution in [1.82, 2.24) is 4.90 Å². The molecule has 0 bridgehead atoms. The van der Waals surface area contributed by atoms with Crippen LogP contribution in [0.25, 0.3) is 0 Å². The molecule has 2 aliphatic rings. The summed E-state index contributed by atoms with van der Waals surface area (Å²) < 4.78 is 11.5. The second kappa shape index (κ2) is 7.59. The maximum atomic E-state index is 12.9. The monoisotopic (exact) mass is 407 g/mol. The van der Waals surface area contributed by atoms with E-state index < -0.39 is 11.6 Å². The van der Waals surface area contributed by atoms with Crippen molar-refractivity contribution in [2.45, 2.75) is 45.6 Å². The zero-order valence-corrected chi connectivity index (χ0v) is 17.5. The summed E-state index contributed by atoms with van der Waals surface area (Å²) in [7, 11) is 0. The molecule has 2 aromatic rings. The number of carbonyl (C=O) groups is 3. The molecule has 0 radical (unpaired) electrons. The van der Waals surface area contributed by atoms with Crippen LogP contribution in [0.15, 0.2) is 36.4 Å². The van der Waals surface area contributed by atoms with Crippen LogP contribution in [-0.4, -0.2) is 41.3 Å². The lowest BCUT2D eigenvalue weighted by Crippen LogP contribution is -2.52. The third-order valence-electron chi connectivity index (χ3n) is 5.84. The topological polar surface area (TPSA) is 72.9 Å². The molecule has 0 atom stereocenters. The van der Waals surface area contributed by atoms with Gasteiger partial charge < -0.3 is 14.4 Å². The first-order valence-electron chi connectivity index (χ1n) is 10.2. The van der Waals surface area contributed by atoms with Crippen LogP contribution in [0, 0.1) is 13.8 Å². The van der Waals surface area contributed by atoms with Gasteiger partial charge >= 0.3 is 5.97 Å². The average molecular weight is 407 g/mol. The Morgan fingerprint density at radius 3 is 2.53 bits per heavy atom. The lowest BCUT2D eigenvalue weighted by atomic mass is 9.81. The Morgan fingerprint density at radius 2 is 1.83 bits per heavy atom. The van der Waals surface area contributed by atoms with Gasteiger partial charge in [0.05, 0.1) is 12.0 Å². The number of benzene rings is 2. The van der Waals surface area contributed by atoms with Gasteiger partial charge in [-0.25, -0.2) is 0 Å². The summed E-state index contributed by atoms with van der Waals surface area (Å²) in [4.78, 5) is 38.7. The Bertz CT molecular complexity index is 1030. The number of fused-ring (bicyclic) bond motifs is 1. The molecule has 2 aliphatic heterocycles. The van der Waals surface area contributed by atoms with E-state index in [1.807, 2.05) is 26.0 Å². The number of aryl methyl sites for hydroxylation is 2. The maximum Gasteiger partial charge on any atom is 0.308 e. The van der Waals surface area contributed by atoms with Crippen LogP contribution in [0.4, 0.5) is 0 Å². The predicted molar refractivity (Wildman–Crippen MR) is 111 cm³/mol. The Hall–Kier alpha value is -3.15. The minimum Gasteiger partial charge on any atom is -0.486 e. The molecule has 1 saturated heterocycles. The van der Waals surface area contributed by atoms with E-state index in [1.165, 1.54) is 6.92 Å². The number of esters is 1. The quantitative estimate of drug-likeness (QED) is 0.558. The second-order valence-corrected chi connectivity index (χ2v) is 8.25. The Balaban J connectivity index is 1.48. The van der Waals surface area contributed by atoms with E-state index in [9.17, 15) is 14.4 Å². The molecule has 0 aliphatic carbocycles. The van der Waals surface area contributed by atoms with E-state index in [-0.39, 0.29) is 11.7 Å². The number of Topliss-reactive ketones (excluding diaryl/α,β-unsaturated/α-hetero) is 1. The smallest absolute Gasteiger partial charge is 0.308 e. The highest BCUT2D eigenvalue weighted by Crippen LogP contribution is 2.41. The number of ether oxygens (including phenoxy) is 2. The molecule has 6 heteroatoms. The average Bonchev–Trinajstić information content (AvgIpc) is 2.66. The van der Waals surface area contributed by atoms with Gasteiger partial charge in [0.25, 0.3) is 5.91 Å². The molecule has 156 valence electrons. The van der Waals surface area contributed by atoms with E-state index in [4.69, 9.17) is 9.47 Å². The predicted octanol–water partition coefficient (Wildman–Crippen LogP) is 3.87. The molecule has 1 spiro atoms. The van der Waals surface area contributed by atoms with Crippen molar-refractivity contribution < 1.29 is 23.9 Å². The Kier molecular flexibility index (Phi) is 5.10. The number of nitrogens with zero attached hydrogens (tertiary/aromatic N) is 1. The fourth-order valence-electron chi connectivity index (χ4n) is 4.45. The van der Waals surface area contributed by atoms with Crippen molar-refractivity contribution in [2.75, 3.05) is 13.1 Å². The first kappa shape index (κ1) is 20.1. The van der Waals surface area contributed by atoms with Gasteiger partial charge in [0.2, 0.25) is 0 Å². The first-order chi connectivity index (χ1) is 14.3. The number of likely N-dealkylation sites (tertiary alicyclic amines) is 1. The maximum absolute atomic E-state index is 12.9. The van der Waals surface area contributed by atoms with E-state index in [1.54, 1.807) is 29.2 Å². The van der Waals surface area contributed by atoms with E-state index in [0.29, 0.717) is 55.0 Å². The summed E-state index contributed by atoms with van der Waals surface area (Å²) in [5, 5.41) is 0. The molecule has 2 heterocycles. The van der Waals surface area contributed by atoms with Crippen LogP contribution < -0.4 is 9.47 Å². The number of piperidine rings is 1. The molecule has 6 nitrogen and oxygen atoms in total. The zero-order valence-electron chi connectivity index (χ0n) is 17.5. The van der Waals surface area contributed by atoms with Gasteiger partial charge in [-0.15, -0.1) is 0 Å². The van der Waals surface area contributed by atoms with Gasteiger partial charge in [0, 0.05) is 38.4 Å². The minimum atomic E-state index is -0.555. The van der Waals surface area contributed by atoms with Crippen LogP contribution in [0.1, 0.15) is 58.0 Å². The fourth-order valence-corrected chi connectivity index (χ4v) is 4.45. The molecule has 30 heavy (non-hydrogen) atoms. The molecule has 1 fully saturated rings. The lowest BCUT2D eigenvalue weighted by molar-refractivity contribution is -0.131. The van der Waals surface area contributed by atoms with Gasteiger partial charge in [-0.1, -0.05) is 12.1 Å². The fraction of sp³-hybridized carbons (Fsp3) is 0.375. The summed E-state index contributed by atoms with van der Waals surface area (Å²) >= 11 is 0. The summed E-state index contributed by atoms with van der Waals surface area (Å²) in [5.74, 6) is 0.586. The Morgan fingerprint density at radius 1 is 1.10 bits per heavy atom. The van der Waals surface area contributed by atoms with Crippen LogP contribution in [0.5, 0.6) is 11.5 Å². The highest BCUT2D eigenvalue weighted by atomic mass is 16.5. The molecule has 0 N–H and O–H groups in total. The molecule has 0 unspecified atom stereocenters. The normalized spacial score (nSPS) is 17.3. The summed E-state index contributed by atoms with van der Waals surface area (Å²) in [6, 6.07) is 10.6. The van der Waals surface area contributed by atoms with Gasteiger partial charge in [-0.2, -0.15) is 0 Å². The van der Waals surface area contributed by atoms with Crippen molar-refractivity contribution in [3.05, 3.63) is 58.7 Å². The number of rotatable bonds is 2. The first-order valence-corrected chi connectivity index (χ1v) is 10.2. The number of ketones is 1. The van der Waals surface area contributed by atoms with Crippen LogP contribution in [0.3, 0.4) is 0 Å². The van der Waals surface area contributed by atoms with Gasteiger partial charge in [-0.05, 0) is 49.2 Å². The highest BCUT2D eigenvalue weighted by molar-refractivity contribution is 6.02. The number of hydrogen-bond donors (Lipinski definition) is 0. The molecule has 0 saturated carbocycles. The minimum absolute atomic E-state index is 0.114. The third-order valence-corrected chi connectivity index (χ3v) is 5.84. The largest absolute Gasteiger partial charge is 0.486 e. The van der Waals surface area contributed by atoms with Gasteiger partial charge in [-0.3, -0.25) is 14.4 Å². The van der Waals surface area contributed by atoms with Crippen molar-refractivity contribution in [2.24, 2.45) is 0 Å². The van der Waals surface area contributed by atoms with Crippen LogP contribution >= 0.6 is 0 Å². The number of hydrogen-bond acceptors (Lipinski definition) is 5. The third kappa shape index (κ3) is 3.82. The van der Waals surface area contributed by atoms with Crippen LogP contribution in [-0.2, 0) is 4.79 Å². The van der Waals surface area contributed by atoms with E-state index >= 15 is 0 Å². The van der Waals surface area contributed by atoms with Crippen molar-refractivity contribution in [1.29, 1.82) is 0 Å². The van der Waals surface area contributed by atoms with Gasteiger partial charge in [0.15, 0.2) is 5.78 Å². The van der Waals surface area contributed by atoms with Crippen molar-refractivity contribution in [3.8, 4) is 11.5 Å². The molecule has 1 amide bonds. The number of amides is 1. The second-order valence-electron chi connectivity index (χ2n) is 8.25. The summed E-state index contributed by atoms with van der Waals surface area (Å²) in [5.41, 5.74) is 2.62. The SMILES string of the molecule is CC(=O)Oc1cccc(C(=O)N2CCC3(CC2)CC(=O)c2c(C)cc(C)cc2O3)c1. The van der Waals surface area contributed by atoms with Crippen LogP contribution in [0.2, 0.25) is 0 Å². The number of carbonyl (C=O) groups excluding carboxylic acids is 3. The molecule has 0 aromatic heterocycles. The van der Waals surface area contributed by atoms with Crippen molar-refractivity contribution in [3.63, 3.8) is 0 Å². The highest BCUT2D eigenvalue weighted by Gasteiger charge is 2.44. The summed E-state index contributed by atoms with van der Waals surface area (Å²) in [6.45, 7) is 6.27. The Labute approximate surface area is 175 Å². The molecule has 4 rings (SSSR count). The standard InChI is InChI=1S/C24H25NO5/c1-15-11-16(2)22-20(27)14-24(30-21(22)12-15)7-9-25(10-8-24)23(28)18-5-4-6-19(13-18)29-17(3)26/h4-6,11-13H,7-10,14H2,1-3H3. The summed E-state index contributed by atoms with van der Waals surface area (Å²) in [6.07, 6.45) is 1.54. The van der Waals surface area contributed by atoms with E-state index in [2.05, 4.69) is 0 Å².